The molecule has 1 fully saturated rings. The first-order valence-corrected chi connectivity index (χ1v) is 12.6. The summed E-state index contributed by atoms with van der Waals surface area (Å²) in [5.74, 6) is -0.197. The molecular formula is C25H25N5O3S. The van der Waals surface area contributed by atoms with Crippen LogP contribution in [0.25, 0.3) is 16.6 Å². The van der Waals surface area contributed by atoms with Crippen LogP contribution in [0.1, 0.15) is 21.7 Å². The van der Waals surface area contributed by atoms with Crippen molar-refractivity contribution in [2.24, 2.45) is 0 Å². The van der Waals surface area contributed by atoms with Gasteiger partial charge in [0.05, 0.1) is 11.2 Å². The molecule has 0 N–H and O–H groups in total. The number of fused-ring (bicyclic) bond motifs is 1. The second-order valence-electron chi connectivity index (χ2n) is 8.46. The van der Waals surface area contributed by atoms with Crippen LogP contribution in [-0.4, -0.2) is 64.5 Å². The van der Waals surface area contributed by atoms with Gasteiger partial charge in [-0.15, -0.1) is 0 Å². The average Bonchev–Trinajstić information content (AvgIpc) is 3.25. The van der Waals surface area contributed by atoms with Gasteiger partial charge in [-0.1, -0.05) is 30.3 Å². The van der Waals surface area contributed by atoms with Crippen molar-refractivity contribution in [1.82, 2.24) is 24.0 Å². The number of nitrogens with zero attached hydrogens (tertiary/aromatic N) is 5. The Kier molecular flexibility index (Phi) is 5.66. The molecule has 4 aromatic rings. The van der Waals surface area contributed by atoms with Crippen molar-refractivity contribution in [3.63, 3.8) is 0 Å². The molecule has 0 spiro atoms. The fourth-order valence-corrected chi connectivity index (χ4v) is 5.88. The highest BCUT2D eigenvalue weighted by Crippen LogP contribution is 2.26. The minimum atomic E-state index is -3.74. The summed E-state index contributed by atoms with van der Waals surface area (Å²) in [7, 11) is -3.74. The summed E-state index contributed by atoms with van der Waals surface area (Å²) in [6, 6.07) is 18.5. The first kappa shape index (κ1) is 22.2. The van der Waals surface area contributed by atoms with Gasteiger partial charge >= 0.3 is 0 Å². The minimum Gasteiger partial charge on any atom is -0.335 e. The molecule has 1 amide bonds. The lowest BCUT2D eigenvalue weighted by atomic mass is 10.2. The summed E-state index contributed by atoms with van der Waals surface area (Å²) in [5.41, 5.74) is 3.53. The van der Waals surface area contributed by atoms with Gasteiger partial charge in [0.15, 0.2) is 5.69 Å². The maximum Gasteiger partial charge on any atom is 0.274 e. The summed E-state index contributed by atoms with van der Waals surface area (Å²) in [5, 5.41) is 5.29. The molecule has 5 rings (SSSR count). The highest BCUT2D eigenvalue weighted by atomic mass is 32.2. The zero-order valence-electron chi connectivity index (χ0n) is 19.0. The van der Waals surface area contributed by atoms with Gasteiger partial charge in [0.1, 0.15) is 4.90 Å². The Labute approximate surface area is 198 Å². The third kappa shape index (κ3) is 3.97. The molecule has 34 heavy (non-hydrogen) atoms. The van der Waals surface area contributed by atoms with E-state index >= 15 is 0 Å². The Morgan fingerprint density at radius 1 is 0.912 bits per heavy atom. The average molecular weight is 476 g/mol. The van der Waals surface area contributed by atoms with Gasteiger partial charge in [0, 0.05) is 43.5 Å². The minimum absolute atomic E-state index is 0.196. The second kappa shape index (κ2) is 8.66. The molecule has 0 radical (unpaired) electrons. The number of hydrogen-bond acceptors (Lipinski definition) is 5. The molecule has 0 saturated carbocycles. The Morgan fingerprint density at radius 3 is 2.38 bits per heavy atom. The first-order chi connectivity index (χ1) is 16.3. The van der Waals surface area contributed by atoms with Gasteiger partial charge < -0.3 is 4.90 Å². The number of hydrogen-bond donors (Lipinski definition) is 0. The lowest BCUT2D eigenvalue weighted by Gasteiger charge is -2.33. The summed E-state index contributed by atoms with van der Waals surface area (Å²) in [6.45, 7) is 4.86. The van der Waals surface area contributed by atoms with Gasteiger partial charge in [-0.25, -0.2) is 13.1 Å². The van der Waals surface area contributed by atoms with E-state index in [-0.39, 0.29) is 23.9 Å². The number of para-hydroxylation sites is 2. The smallest absolute Gasteiger partial charge is 0.274 e. The van der Waals surface area contributed by atoms with E-state index in [0.29, 0.717) is 24.3 Å². The van der Waals surface area contributed by atoms with Crippen LogP contribution in [0.15, 0.2) is 71.8 Å². The number of aromatic nitrogens is 3. The fraction of sp³-hybridized carbons (Fsp3) is 0.240. The number of amides is 1. The van der Waals surface area contributed by atoms with Crippen molar-refractivity contribution >= 4 is 26.8 Å². The first-order valence-electron chi connectivity index (χ1n) is 11.1. The molecule has 1 aliphatic rings. The van der Waals surface area contributed by atoms with E-state index in [1.807, 2.05) is 56.3 Å². The van der Waals surface area contributed by atoms with Crippen LogP contribution >= 0.6 is 0 Å². The van der Waals surface area contributed by atoms with Gasteiger partial charge in [0.2, 0.25) is 10.0 Å². The van der Waals surface area contributed by atoms with Gasteiger partial charge in [-0.2, -0.15) is 9.40 Å². The number of piperazine rings is 1. The topological polar surface area (TPSA) is 88.4 Å². The fourth-order valence-electron chi connectivity index (χ4n) is 4.29. The Hall–Kier alpha value is -3.56. The molecule has 9 heteroatoms. The highest BCUT2D eigenvalue weighted by Gasteiger charge is 2.32. The Balaban J connectivity index is 1.33. The standard InChI is InChI=1S/C25H25N5O3S/c1-18-15-20-7-6-10-23(24(20)26-17-18)34(32,33)29-13-11-28(12-14-29)25(31)22-16-19(2)30(27-22)21-8-4-3-5-9-21/h3-10,15-17H,11-14H2,1-2H3. The summed E-state index contributed by atoms with van der Waals surface area (Å²) in [6.07, 6.45) is 1.68. The van der Waals surface area contributed by atoms with E-state index in [0.717, 1.165) is 22.3 Å². The SMILES string of the molecule is Cc1cnc2c(S(=O)(=O)N3CCN(C(=O)c4cc(C)n(-c5ccccc5)n4)CC3)cccc2c1. The van der Waals surface area contributed by atoms with Gasteiger partial charge in [-0.3, -0.25) is 9.78 Å². The molecule has 174 valence electrons. The van der Waals surface area contributed by atoms with Crippen LogP contribution in [0, 0.1) is 13.8 Å². The Morgan fingerprint density at radius 2 is 1.65 bits per heavy atom. The molecule has 3 heterocycles. The summed E-state index contributed by atoms with van der Waals surface area (Å²) < 4.78 is 30.0. The van der Waals surface area contributed by atoms with Crippen molar-refractivity contribution in [3.05, 3.63) is 83.8 Å². The number of benzene rings is 2. The zero-order chi connectivity index (χ0) is 23.9. The number of rotatable bonds is 4. The van der Waals surface area contributed by atoms with E-state index in [1.165, 1.54) is 4.31 Å². The third-order valence-electron chi connectivity index (χ3n) is 6.06. The summed E-state index contributed by atoms with van der Waals surface area (Å²) >= 11 is 0. The van der Waals surface area contributed by atoms with Gasteiger partial charge in [0.25, 0.3) is 5.91 Å². The van der Waals surface area contributed by atoms with Crippen LogP contribution in [-0.2, 0) is 10.0 Å². The normalized spacial score (nSPS) is 15.1. The Bertz CT molecular complexity index is 1470. The molecule has 0 atom stereocenters. The van der Waals surface area contributed by atoms with E-state index in [9.17, 15) is 13.2 Å². The van der Waals surface area contributed by atoms with Crippen molar-refractivity contribution < 1.29 is 13.2 Å². The molecule has 0 aliphatic carbocycles. The molecule has 0 bridgehead atoms. The van der Waals surface area contributed by atoms with E-state index in [2.05, 4.69) is 10.1 Å². The molecular weight excluding hydrogens is 450 g/mol. The predicted molar refractivity (Wildman–Crippen MR) is 129 cm³/mol. The number of pyridine rings is 1. The predicted octanol–water partition coefficient (Wildman–Crippen LogP) is 3.18. The van der Waals surface area contributed by atoms with Crippen molar-refractivity contribution in [1.29, 1.82) is 0 Å². The monoisotopic (exact) mass is 475 g/mol. The lowest BCUT2D eigenvalue weighted by Crippen LogP contribution is -2.50. The van der Waals surface area contributed by atoms with E-state index in [1.54, 1.807) is 34.0 Å². The van der Waals surface area contributed by atoms with Crippen LogP contribution in [0.5, 0.6) is 0 Å². The maximum atomic E-state index is 13.4. The van der Waals surface area contributed by atoms with Gasteiger partial charge in [-0.05, 0) is 49.7 Å². The third-order valence-corrected chi connectivity index (χ3v) is 7.99. The van der Waals surface area contributed by atoms with Crippen LogP contribution in [0.3, 0.4) is 0 Å². The molecule has 1 aliphatic heterocycles. The number of aryl methyl sites for hydroxylation is 2. The quantitative estimate of drug-likeness (QED) is 0.452. The van der Waals surface area contributed by atoms with E-state index < -0.39 is 10.0 Å². The highest BCUT2D eigenvalue weighted by molar-refractivity contribution is 7.89. The number of carbonyl (C=O) groups excluding carboxylic acids is 1. The molecule has 2 aromatic carbocycles. The molecule has 2 aromatic heterocycles. The molecule has 1 saturated heterocycles. The van der Waals surface area contributed by atoms with E-state index in [4.69, 9.17) is 0 Å². The van der Waals surface area contributed by atoms with Crippen molar-refractivity contribution in [2.45, 2.75) is 18.7 Å². The van der Waals surface area contributed by atoms with Crippen molar-refractivity contribution in [2.75, 3.05) is 26.2 Å². The molecule has 0 unspecified atom stereocenters. The maximum absolute atomic E-state index is 13.4. The van der Waals surface area contributed by atoms with Crippen molar-refractivity contribution in [3.8, 4) is 5.69 Å². The van der Waals surface area contributed by atoms with Crippen LogP contribution in [0.2, 0.25) is 0 Å². The number of carbonyl (C=O) groups is 1. The number of sulfonamides is 1. The largest absolute Gasteiger partial charge is 0.335 e. The molecule has 8 nitrogen and oxygen atoms in total. The van der Waals surface area contributed by atoms with Crippen LogP contribution < -0.4 is 0 Å². The van der Waals surface area contributed by atoms with Crippen LogP contribution in [0.4, 0.5) is 0 Å². The summed E-state index contributed by atoms with van der Waals surface area (Å²) in [4.78, 5) is 19.3. The lowest BCUT2D eigenvalue weighted by molar-refractivity contribution is 0.0691. The second-order valence-corrected chi connectivity index (χ2v) is 10.4. The zero-order valence-corrected chi connectivity index (χ0v) is 19.9.